The van der Waals surface area contributed by atoms with E-state index in [9.17, 15) is 0 Å². The summed E-state index contributed by atoms with van der Waals surface area (Å²) < 4.78 is 11.0. The Hall–Kier alpha value is -1.29. The summed E-state index contributed by atoms with van der Waals surface area (Å²) >= 11 is 0. The molecule has 2 fully saturated rings. The topological polar surface area (TPSA) is 43.4 Å². The van der Waals surface area contributed by atoms with Crippen molar-refractivity contribution in [1.29, 1.82) is 0 Å². The van der Waals surface area contributed by atoms with E-state index in [0.717, 1.165) is 12.3 Å². The number of hydrogen-bond acceptors (Lipinski definition) is 4. The average Bonchev–Trinajstić information content (AvgIpc) is 2.45. The Balaban J connectivity index is 1.71. The maximum absolute atomic E-state index is 5.92. The van der Waals surface area contributed by atoms with E-state index in [1.807, 2.05) is 18.3 Å². The van der Waals surface area contributed by atoms with Gasteiger partial charge >= 0.3 is 0 Å². The highest BCUT2D eigenvalue weighted by Gasteiger charge is 2.57. The van der Waals surface area contributed by atoms with Crippen LogP contribution in [-0.2, 0) is 4.74 Å². The van der Waals surface area contributed by atoms with Crippen molar-refractivity contribution in [2.75, 3.05) is 19.0 Å². The van der Waals surface area contributed by atoms with Crippen molar-refractivity contribution in [3.8, 4) is 5.88 Å². The number of nitrogens with one attached hydrogen (secondary N) is 1. The van der Waals surface area contributed by atoms with Crippen molar-refractivity contribution in [3.05, 3.63) is 18.3 Å². The first-order valence-electron chi connectivity index (χ1n) is 7.01. The largest absolute Gasteiger partial charge is 0.481 e. The van der Waals surface area contributed by atoms with E-state index in [4.69, 9.17) is 9.47 Å². The van der Waals surface area contributed by atoms with Crippen LogP contribution in [0.1, 0.15) is 26.7 Å². The lowest BCUT2D eigenvalue weighted by atomic mass is 9.55. The van der Waals surface area contributed by atoms with Crippen LogP contribution in [0.2, 0.25) is 0 Å². The number of fused-ring (bicyclic) bond motifs is 1. The zero-order chi connectivity index (χ0) is 13.5. The van der Waals surface area contributed by atoms with E-state index in [1.165, 1.54) is 12.8 Å². The predicted molar refractivity (Wildman–Crippen MR) is 74.4 cm³/mol. The fourth-order valence-corrected chi connectivity index (χ4v) is 3.58. The molecule has 19 heavy (non-hydrogen) atoms. The lowest BCUT2D eigenvalue weighted by molar-refractivity contribution is -0.177. The number of aromatic nitrogens is 1. The molecule has 0 spiro atoms. The molecule has 104 valence electrons. The Bertz CT molecular complexity index is 444. The van der Waals surface area contributed by atoms with Gasteiger partial charge < -0.3 is 14.8 Å². The van der Waals surface area contributed by atoms with Gasteiger partial charge in [-0.05, 0) is 18.9 Å². The highest BCUT2D eigenvalue weighted by molar-refractivity contribution is 5.45. The molecular formula is C15H22N2O2. The van der Waals surface area contributed by atoms with E-state index in [0.29, 0.717) is 23.9 Å². The van der Waals surface area contributed by atoms with E-state index in [2.05, 4.69) is 24.1 Å². The first-order chi connectivity index (χ1) is 9.13. The van der Waals surface area contributed by atoms with Crippen molar-refractivity contribution >= 4 is 5.69 Å². The van der Waals surface area contributed by atoms with Crippen LogP contribution < -0.4 is 10.1 Å². The molecule has 0 amide bonds. The molecule has 4 heteroatoms. The van der Waals surface area contributed by atoms with E-state index in [1.54, 1.807) is 7.11 Å². The first-order valence-corrected chi connectivity index (χ1v) is 7.01. The second kappa shape index (κ2) is 4.67. The zero-order valence-corrected chi connectivity index (χ0v) is 11.8. The van der Waals surface area contributed by atoms with Crippen molar-refractivity contribution in [2.45, 2.75) is 38.8 Å². The summed E-state index contributed by atoms with van der Waals surface area (Å²) in [6.07, 6.45) is 4.68. The third-order valence-electron chi connectivity index (χ3n) is 4.60. The minimum Gasteiger partial charge on any atom is -0.481 e. The van der Waals surface area contributed by atoms with Gasteiger partial charge in [0, 0.05) is 30.0 Å². The second-order valence-electron chi connectivity index (χ2n) is 6.13. The molecule has 3 unspecified atom stereocenters. The monoisotopic (exact) mass is 262 g/mol. The minimum absolute atomic E-state index is 0.186. The van der Waals surface area contributed by atoms with Crippen LogP contribution in [0.25, 0.3) is 0 Å². The van der Waals surface area contributed by atoms with E-state index >= 15 is 0 Å². The number of anilines is 1. The Morgan fingerprint density at radius 1 is 1.42 bits per heavy atom. The molecule has 1 saturated carbocycles. The smallest absolute Gasteiger partial charge is 0.213 e. The number of ether oxygens (including phenoxy) is 2. The summed E-state index contributed by atoms with van der Waals surface area (Å²) in [6, 6.07) is 4.38. The van der Waals surface area contributed by atoms with Crippen LogP contribution in [0.4, 0.5) is 5.69 Å². The molecule has 1 aromatic heterocycles. The van der Waals surface area contributed by atoms with Gasteiger partial charge in [0.1, 0.15) is 0 Å². The van der Waals surface area contributed by atoms with Gasteiger partial charge in [0.15, 0.2) is 0 Å². The standard InChI is InChI=1S/C15H22N2O2/c1-15(2)13(11-5-4-8-19-14(11)15)17-10-6-7-12(18-3)16-9-10/h6-7,9,11,13-14,17H,4-5,8H2,1-3H3. The Kier molecular flexibility index (Phi) is 3.13. The van der Waals surface area contributed by atoms with Crippen LogP contribution in [0.3, 0.4) is 0 Å². The predicted octanol–water partition coefficient (Wildman–Crippen LogP) is 2.71. The summed E-state index contributed by atoms with van der Waals surface area (Å²) in [4.78, 5) is 4.24. The van der Waals surface area contributed by atoms with Gasteiger partial charge in [-0.1, -0.05) is 13.8 Å². The van der Waals surface area contributed by atoms with Gasteiger partial charge in [0.05, 0.1) is 25.1 Å². The molecule has 2 heterocycles. The summed E-state index contributed by atoms with van der Waals surface area (Å²) in [6.45, 7) is 5.49. The van der Waals surface area contributed by atoms with Gasteiger partial charge in [-0.25, -0.2) is 4.98 Å². The van der Waals surface area contributed by atoms with Crippen LogP contribution in [0.5, 0.6) is 5.88 Å². The SMILES string of the molecule is COc1ccc(NC2C3CCCOC3C2(C)C)cn1. The number of nitrogens with zero attached hydrogens (tertiary/aromatic N) is 1. The minimum atomic E-state index is 0.186. The number of methoxy groups -OCH3 is 1. The molecule has 1 aliphatic carbocycles. The third kappa shape index (κ3) is 2.08. The van der Waals surface area contributed by atoms with Crippen LogP contribution in [-0.4, -0.2) is 30.8 Å². The van der Waals surface area contributed by atoms with Gasteiger partial charge in [-0.3, -0.25) is 0 Å². The normalized spacial score (nSPS) is 32.1. The first kappa shape index (κ1) is 12.7. The average molecular weight is 262 g/mol. The Morgan fingerprint density at radius 2 is 2.26 bits per heavy atom. The number of rotatable bonds is 3. The molecule has 1 aliphatic heterocycles. The maximum Gasteiger partial charge on any atom is 0.213 e. The van der Waals surface area contributed by atoms with Gasteiger partial charge in [0.25, 0.3) is 0 Å². The molecule has 1 N–H and O–H groups in total. The highest BCUT2D eigenvalue weighted by atomic mass is 16.5. The molecule has 0 aromatic carbocycles. The summed E-state index contributed by atoms with van der Waals surface area (Å²) in [5.41, 5.74) is 1.24. The molecule has 0 radical (unpaired) electrons. The zero-order valence-electron chi connectivity index (χ0n) is 11.8. The summed E-state index contributed by atoms with van der Waals surface area (Å²) in [5.74, 6) is 1.28. The van der Waals surface area contributed by atoms with E-state index < -0.39 is 0 Å². The molecule has 2 aliphatic rings. The molecule has 1 aromatic rings. The Labute approximate surface area is 114 Å². The third-order valence-corrected chi connectivity index (χ3v) is 4.60. The molecular weight excluding hydrogens is 240 g/mol. The highest BCUT2D eigenvalue weighted by Crippen LogP contribution is 2.52. The number of pyridine rings is 1. The molecule has 3 atom stereocenters. The lowest BCUT2D eigenvalue weighted by Gasteiger charge is -2.60. The fourth-order valence-electron chi connectivity index (χ4n) is 3.58. The number of hydrogen-bond donors (Lipinski definition) is 1. The van der Waals surface area contributed by atoms with Crippen molar-refractivity contribution in [3.63, 3.8) is 0 Å². The molecule has 4 nitrogen and oxygen atoms in total. The molecule has 0 bridgehead atoms. The van der Waals surface area contributed by atoms with Crippen LogP contribution in [0.15, 0.2) is 18.3 Å². The molecule has 3 rings (SSSR count). The van der Waals surface area contributed by atoms with Gasteiger partial charge in [-0.2, -0.15) is 0 Å². The van der Waals surface area contributed by atoms with E-state index in [-0.39, 0.29) is 5.41 Å². The second-order valence-corrected chi connectivity index (χ2v) is 6.13. The van der Waals surface area contributed by atoms with Crippen molar-refractivity contribution in [1.82, 2.24) is 4.98 Å². The maximum atomic E-state index is 5.92. The van der Waals surface area contributed by atoms with Crippen molar-refractivity contribution in [2.24, 2.45) is 11.3 Å². The van der Waals surface area contributed by atoms with Crippen LogP contribution >= 0.6 is 0 Å². The van der Waals surface area contributed by atoms with Gasteiger partial charge in [0.2, 0.25) is 5.88 Å². The summed E-state index contributed by atoms with van der Waals surface area (Å²) in [7, 11) is 1.63. The lowest BCUT2D eigenvalue weighted by Crippen LogP contribution is -2.67. The quantitative estimate of drug-likeness (QED) is 0.909. The molecule has 1 saturated heterocycles. The Morgan fingerprint density at radius 3 is 2.95 bits per heavy atom. The van der Waals surface area contributed by atoms with Crippen LogP contribution in [0, 0.1) is 11.3 Å². The van der Waals surface area contributed by atoms with Gasteiger partial charge in [-0.15, -0.1) is 0 Å². The fraction of sp³-hybridized carbons (Fsp3) is 0.667. The van der Waals surface area contributed by atoms with Crippen molar-refractivity contribution < 1.29 is 9.47 Å². The summed E-state index contributed by atoms with van der Waals surface area (Å²) in [5, 5.41) is 3.62.